The summed E-state index contributed by atoms with van der Waals surface area (Å²) < 4.78 is 16.9. The first kappa shape index (κ1) is 48.6. The number of rotatable bonds is 8. The molecule has 4 aliphatic heterocycles. The Morgan fingerprint density at radius 3 is 2.08 bits per heavy atom. The standard InChI is InChI=1S/C38H64N8O14/c1-20(2)17-24-13-14-38(55,60-23(24)6)37(7,54)36(53)42-29-30(21(3)4)59-35(52)22(5)45(56)32(49)25-11-9-15-40-43(25)28(47)18-39-31(48)27(19-58-8)46(57)33(50)26-12-10-16-41-44(26)34(29)51/h20-27,29-30,40-41,54-57H,9-19H2,1-8H3,(H,39,48)(H,42,53). The largest absolute Gasteiger partial charge is 0.458 e. The number of nitrogens with one attached hydrogen (secondary N) is 4. The Labute approximate surface area is 349 Å². The molecule has 6 amide bonds. The number of aliphatic hydroxyl groups is 2. The number of amides is 6. The van der Waals surface area contributed by atoms with Crippen LogP contribution in [0.5, 0.6) is 0 Å². The van der Waals surface area contributed by atoms with Crippen LogP contribution in [-0.4, -0.2) is 169 Å². The molecule has 0 aromatic heterocycles. The van der Waals surface area contributed by atoms with E-state index in [1.54, 1.807) is 6.92 Å². The van der Waals surface area contributed by atoms with Crippen LogP contribution in [0.1, 0.15) is 93.4 Å². The van der Waals surface area contributed by atoms with Crippen LogP contribution in [0.4, 0.5) is 0 Å². The maximum absolute atomic E-state index is 14.8. The van der Waals surface area contributed by atoms with Crippen molar-refractivity contribution in [3.8, 4) is 0 Å². The zero-order valence-electron chi connectivity index (χ0n) is 35.7. The third-order valence-corrected chi connectivity index (χ3v) is 11.7. The molecule has 22 heteroatoms. The van der Waals surface area contributed by atoms with Crippen molar-refractivity contribution >= 4 is 41.4 Å². The van der Waals surface area contributed by atoms with Gasteiger partial charge in [0.1, 0.15) is 24.2 Å². The van der Waals surface area contributed by atoms with Gasteiger partial charge < -0.3 is 35.1 Å². The van der Waals surface area contributed by atoms with Gasteiger partial charge in [-0.2, -0.15) is 0 Å². The third kappa shape index (κ3) is 10.5. The highest BCUT2D eigenvalue weighted by Crippen LogP contribution is 2.40. The van der Waals surface area contributed by atoms with Crippen molar-refractivity contribution in [2.24, 2.45) is 17.8 Å². The molecule has 10 unspecified atom stereocenters. The van der Waals surface area contributed by atoms with Crippen molar-refractivity contribution in [1.82, 2.24) is 41.6 Å². The molecule has 0 aromatic rings. The van der Waals surface area contributed by atoms with Crippen LogP contribution in [0.2, 0.25) is 0 Å². The fraction of sp³-hybridized carbons (Fsp3) is 0.816. The lowest BCUT2D eigenvalue weighted by Gasteiger charge is -2.47. The van der Waals surface area contributed by atoms with E-state index in [-0.39, 0.29) is 48.4 Å². The van der Waals surface area contributed by atoms with E-state index in [4.69, 9.17) is 14.2 Å². The molecule has 4 fully saturated rings. The summed E-state index contributed by atoms with van der Waals surface area (Å²) in [5.41, 5.74) is 2.83. The van der Waals surface area contributed by atoms with Gasteiger partial charge in [0.2, 0.25) is 11.7 Å². The molecule has 0 saturated carbocycles. The summed E-state index contributed by atoms with van der Waals surface area (Å²) >= 11 is 0. The average Bonchev–Trinajstić information content (AvgIpc) is 3.21. The van der Waals surface area contributed by atoms with Gasteiger partial charge in [-0.3, -0.25) is 49.2 Å². The number of fused-ring (bicyclic) bond motifs is 2. The number of hydrogen-bond acceptors (Lipinski definition) is 16. The van der Waals surface area contributed by atoms with Crippen molar-refractivity contribution < 1.29 is 68.4 Å². The zero-order chi connectivity index (χ0) is 44.9. The Bertz CT molecular complexity index is 1600. The number of esters is 1. The van der Waals surface area contributed by atoms with Crippen LogP contribution in [0.15, 0.2) is 0 Å². The van der Waals surface area contributed by atoms with Gasteiger partial charge in [0.15, 0.2) is 17.7 Å². The number of hydrazine groups is 2. The Morgan fingerprint density at radius 1 is 0.933 bits per heavy atom. The lowest BCUT2D eigenvalue weighted by atomic mass is 9.79. The molecule has 4 heterocycles. The van der Waals surface area contributed by atoms with Gasteiger partial charge in [0.25, 0.3) is 29.5 Å². The average molecular weight is 857 g/mol. The first-order valence-corrected chi connectivity index (χ1v) is 20.6. The van der Waals surface area contributed by atoms with Gasteiger partial charge in [0.05, 0.1) is 19.3 Å². The second-order valence-electron chi connectivity index (χ2n) is 17.0. The predicted molar refractivity (Wildman–Crippen MR) is 206 cm³/mol. The fourth-order valence-electron chi connectivity index (χ4n) is 8.03. The van der Waals surface area contributed by atoms with E-state index in [1.807, 2.05) is 13.8 Å². The number of ether oxygens (including phenoxy) is 3. The highest BCUT2D eigenvalue weighted by Gasteiger charge is 2.57. The summed E-state index contributed by atoms with van der Waals surface area (Å²) in [5.74, 6) is -10.7. The van der Waals surface area contributed by atoms with E-state index in [1.165, 1.54) is 21.0 Å². The summed E-state index contributed by atoms with van der Waals surface area (Å²) in [6.45, 7) is 10.1. The van der Waals surface area contributed by atoms with Gasteiger partial charge in [-0.25, -0.2) is 25.8 Å². The predicted octanol–water partition coefficient (Wildman–Crippen LogP) is -1.70. The van der Waals surface area contributed by atoms with Crippen LogP contribution >= 0.6 is 0 Å². The normalized spacial score (nSPS) is 33.3. The number of hydrogen-bond donors (Lipinski definition) is 8. The Hall–Kier alpha value is -4.03. The van der Waals surface area contributed by atoms with Crippen molar-refractivity contribution in [2.75, 3.05) is 33.4 Å². The maximum Gasteiger partial charge on any atom is 0.331 e. The fourth-order valence-corrected chi connectivity index (χ4v) is 8.03. The topological polar surface area (TPSA) is 289 Å². The Balaban J connectivity index is 1.79. The van der Waals surface area contributed by atoms with Crippen LogP contribution < -0.4 is 21.5 Å². The number of nitrogens with zero attached hydrogens (tertiary/aromatic N) is 4. The first-order chi connectivity index (χ1) is 28.1. The summed E-state index contributed by atoms with van der Waals surface area (Å²) in [5, 5.41) is 52.5. The second kappa shape index (κ2) is 20.2. The van der Waals surface area contributed by atoms with E-state index < -0.39 is 114 Å². The third-order valence-electron chi connectivity index (χ3n) is 11.7. The quantitative estimate of drug-likeness (QED) is 0.0998. The van der Waals surface area contributed by atoms with E-state index in [0.717, 1.165) is 30.3 Å². The molecular weight excluding hydrogens is 792 g/mol. The van der Waals surface area contributed by atoms with E-state index in [2.05, 4.69) is 21.5 Å². The minimum absolute atomic E-state index is 0.0137. The molecule has 60 heavy (non-hydrogen) atoms. The molecule has 8 N–H and O–H groups in total. The SMILES string of the molecule is COCC1C(=O)NCC(=O)N2NCCCC2C(=O)N(O)C(C)C(=O)OC(C(C)C)C(NC(=O)C(C)(O)C2(O)CCC(CC(C)C)C(C)O2)C(=O)N2NCCCC2C(=O)N1O. The highest BCUT2D eigenvalue weighted by atomic mass is 16.6. The summed E-state index contributed by atoms with van der Waals surface area (Å²) in [6.07, 6.45) is -0.563. The second-order valence-corrected chi connectivity index (χ2v) is 17.0. The van der Waals surface area contributed by atoms with Gasteiger partial charge in [0, 0.05) is 26.6 Å². The summed E-state index contributed by atoms with van der Waals surface area (Å²) in [6, 6.07) is -8.32. The van der Waals surface area contributed by atoms with Crippen molar-refractivity contribution in [1.29, 1.82) is 0 Å². The van der Waals surface area contributed by atoms with Crippen molar-refractivity contribution in [3.63, 3.8) is 0 Å². The van der Waals surface area contributed by atoms with Gasteiger partial charge in [-0.15, -0.1) is 0 Å². The number of hydroxylamine groups is 4. The molecule has 22 nitrogen and oxygen atoms in total. The molecule has 0 radical (unpaired) electrons. The number of cyclic esters (lactones) is 1. The van der Waals surface area contributed by atoms with Gasteiger partial charge >= 0.3 is 5.97 Å². The van der Waals surface area contributed by atoms with Crippen molar-refractivity contribution in [3.05, 3.63) is 0 Å². The number of methoxy groups -OCH3 is 1. The molecular formula is C38H64N8O14. The van der Waals surface area contributed by atoms with Crippen molar-refractivity contribution in [2.45, 2.75) is 147 Å². The molecule has 0 spiro atoms. The number of carbonyl (C=O) groups is 7. The molecule has 4 aliphatic rings. The van der Waals surface area contributed by atoms with E-state index in [9.17, 15) is 54.2 Å². The van der Waals surface area contributed by atoms with Crippen LogP contribution in [0.3, 0.4) is 0 Å². The molecule has 0 aliphatic carbocycles. The molecule has 0 bridgehead atoms. The summed E-state index contributed by atoms with van der Waals surface area (Å²) in [4.78, 5) is 97.5. The monoisotopic (exact) mass is 856 g/mol. The smallest absolute Gasteiger partial charge is 0.331 e. The van der Waals surface area contributed by atoms with E-state index in [0.29, 0.717) is 25.2 Å². The molecule has 0 aromatic carbocycles. The first-order valence-electron chi connectivity index (χ1n) is 20.6. The van der Waals surface area contributed by atoms with Crippen LogP contribution in [0.25, 0.3) is 0 Å². The molecule has 340 valence electrons. The Kier molecular flexibility index (Phi) is 16.4. The van der Waals surface area contributed by atoms with Gasteiger partial charge in [-0.05, 0) is 77.0 Å². The number of carbonyl (C=O) groups excluding carboxylic acids is 7. The lowest BCUT2D eigenvalue weighted by Crippen LogP contribution is -2.70. The lowest BCUT2D eigenvalue weighted by molar-refractivity contribution is -0.326. The molecule has 4 rings (SSSR count). The minimum Gasteiger partial charge on any atom is -0.458 e. The summed E-state index contributed by atoms with van der Waals surface area (Å²) in [7, 11) is 1.20. The Morgan fingerprint density at radius 2 is 1.52 bits per heavy atom. The highest BCUT2D eigenvalue weighted by molar-refractivity contribution is 5.97. The van der Waals surface area contributed by atoms with E-state index >= 15 is 0 Å². The van der Waals surface area contributed by atoms with Crippen LogP contribution in [-0.2, 0) is 47.8 Å². The minimum atomic E-state index is -2.72. The van der Waals surface area contributed by atoms with Gasteiger partial charge in [-0.1, -0.05) is 27.7 Å². The van der Waals surface area contributed by atoms with Crippen LogP contribution in [0, 0.1) is 17.8 Å². The maximum atomic E-state index is 14.8. The molecule has 10 atom stereocenters. The molecule has 4 saturated heterocycles. The zero-order valence-corrected chi connectivity index (χ0v) is 35.7.